The number of hydrogen-bond donors (Lipinski definition) is 1. The van der Waals surface area contributed by atoms with E-state index in [1.807, 2.05) is 39.7 Å². The average Bonchev–Trinajstić information content (AvgIpc) is 3.66. The van der Waals surface area contributed by atoms with Gasteiger partial charge in [0, 0.05) is 38.9 Å². The number of H-pyrrole nitrogens is 1. The zero-order valence-corrected chi connectivity index (χ0v) is 21.1. The normalized spacial score (nSPS) is 11.6. The van der Waals surface area contributed by atoms with E-state index >= 15 is 0 Å². The van der Waals surface area contributed by atoms with Gasteiger partial charge in [-0.15, -0.1) is 10.2 Å². The predicted octanol–water partition coefficient (Wildman–Crippen LogP) is 3.76. The van der Waals surface area contributed by atoms with Crippen molar-refractivity contribution in [2.75, 3.05) is 14.2 Å². The SMILES string of the molecule is CCCCc1nc(C(CCC)(OC)OC)nn1Cc1ccc(-n2ccc(C#N)c2-c2nnn[nH]2)cc1. The second-order valence-corrected chi connectivity index (χ2v) is 8.50. The fourth-order valence-electron chi connectivity index (χ4n) is 4.27. The van der Waals surface area contributed by atoms with E-state index in [1.165, 1.54) is 0 Å². The Balaban J connectivity index is 1.63. The van der Waals surface area contributed by atoms with E-state index < -0.39 is 5.79 Å². The van der Waals surface area contributed by atoms with Gasteiger partial charge >= 0.3 is 0 Å². The van der Waals surface area contributed by atoms with Crippen LogP contribution in [0.1, 0.15) is 62.3 Å². The molecule has 0 bridgehead atoms. The Morgan fingerprint density at radius 3 is 2.47 bits per heavy atom. The number of ether oxygens (including phenoxy) is 2. The van der Waals surface area contributed by atoms with Gasteiger partial charge in [0.1, 0.15) is 17.6 Å². The lowest BCUT2D eigenvalue weighted by atomic mass is 10.1. The van der Waals surface area contributed by atoms with Gasteiger partial charge in [0.25, 0.3) is 0 Å². The van der Waals surface area contributed by atoms with Gasteiger partial charge < -0.3 is 14.0 Å². The van der Waals surface area contributed by atoms with E-state index in [1.54, 1.807) is 20.3 Å². The van der Waals surface area contributed by atoms with E-state index in [-0.39, 0.29) is 0 Å². The maximum absolute atomic E-state index is 9.52. The molecule has 1 N–H and O–H groups in total. The fourth-order valence-corrected chi connectivity index (χ4v) is 4.27. The van der Waals surface area contributed by atoms with Crippen LogP contribution in [0.5, 0.6) is 0 Å². The van der Waals surface area contributed by atoms with Crippen LogP contribution in [0.25, 0.3) is 17.2 Å². The van der Waals surface area contributed by atoms with Crippen molar-refractivity contribution >= 4 is 0 Å². The topological polar surface area (TPSA) is 132 Å². The van der Waals surface area contributed by atoms with Gasteiger partial charge in [0.05, 0.1) is 12.1 Å². The number of hydrogen-bond acceptors (Lipinski definition) is 8. The van der Waals surface area contributed by atoms with Crippen LogP contribution in [0.15, 0.2) is 36.5 Å². The second-order valence-electron chi connectivity index (χ2n) is 8.50. The smallest absolute Gasteiger partial charge is 0.231 e. The van der Waals surface area contributed by atoms with Crippen molar-refractivity contribution in [1.82, 2.24) is 40.0 Å². The monoisotopic (exact) mass is 489 g/mol. The van der Waals surface area contributed by atoms with Crippen LogP contribution in [0.4, 0.5) is 0 Å². The molecule has 0 aliphatic carbocycles. The van der Waals surface area contributed by atoms with Crippen molar-refractivity contribution < 1.29 is 9.47 Å². The summed E-state index contributed by atoms with van der Waals surface area (Å²) in [6.45, 7) is 4.81. The molecule has 0 saturated carbocycles. The largest absolute Gasteiger partial charge is 0.347 e. The molecule has 4 aromatic rings. The molecular formula is C25H31N9O2. The van der Waals surface area contributed by atoms with Gasteiger partial charge in [-0.2, -0.15) is 5.26 Å². The maximum atomic E-state index is 9.52. The molecule has 4 rings (SSSR count). The number of aromatic amines is 1. The Labute approximate surface area is 210 Å². The summed E-state index contributed by atoms with van der Waals surface area (Å²) in [7, 11) is 3.26. The summed E-state index contributed by atoms with van der Waals surface area (Å²) in [6, 6.07) is 12.0. The fraction of sp³-hybridized carbons (Fsp3) is 0.440. The van der Waals surface area contributed by atoms with Gasteiger partial charge in [-0.3, -0.25) is 0 Å². The number of tetrazole rings is 1. The molecule has 11 heteroatoms. The number of rotatable bonds is 12. The third-order valence-electron chi connectivity index (χ3n) is 6.20. The molecular weight excluding hydrogens is 458 g/mol. The van der Waals surface area contributed by atoms with Crippen molar-refractivity contribution in [3.8, 4) is 23.3 Å². The van der Waals surface area contributed by atoms with E-state index in [9.17, 15) is 5.26 Å². The third-order valence-corrected chi connectivity index (χ3v) is 6.20. The minimum Gasteiger partial charge on any atom is -0.347 e. The molecule has 0 fully saturated rings. The first-order valence-corrected chi connectivity index (χ1v) is 12.1. The van der Waals surface area contributed by atoms with E-state index in [0.717, 1.165) is 42.8 Å². The number of benzene rings is 1. The molecule has 3 heterocycles. The first-order chi connectivity index (χ1) is 17.6. The highest BCUT2D eigenvalue weighted by molar-refractivity contribution is 5.64. The summed E-state index contributed by atoms with van der Waals surface area (Å²) < 4.78 is 15.3. The molecule has 0 saturated heterocycles. The Hall–Kier alpha value is -3.88. The molecule has 0 radical (unpaired) electrons. The van der Waals surface area contributed by atoms with Crippen LogP contribution in [-0.2, 0) is 28.2 Å². The van der Waals surface area contributed by atoms with Crippen LogP contribution in [-0.4, -0.2) is 54.2 Å². The lowest BCUT2D eigenvalue weighted by Crippen LogP contribution is -2.32. The molecule has 3 aromatic heterocycles. The molecule has 11 nitrogen and oxygen atoms in total. The van der Waals surface area contributed by atoms with Crippen LogP contribution >= 0.6 is 0 Å². The van der Waals surface area contributed by atoms with Crippen LogP contribution in [0, 0.1) is 11.3 Å². The quantitative estimate of drug-likeness (QED) is 0.298. The predicted molar refractivity (Wildman–Crippen MR) is 132 cm³/mol. The molecule has 0 aliphatic rings. The van der Waals surface area contributed by atoms with Crippen LogP contribution < -0.4 is 0 Å². The first kappa shape index (κ1) is 25.2. The Morgan fingerprint density at radius 2 is 1.86 bits per heavy atom. The summed E-state index contributed by atoms with van der Waals surface area (Å²) in [5.41, 5.74) is 3.06. The minimum atomic E-state index is -0.955. The zero-order chi connectivity index (χ0) is 25.5. The highest BCUT2D eigenvalue weighted by atomic mass is 16.7. The molecule has 188 valence electrons. The third kappa shape index (κ3) is 4.91. The van der Waals surface area contributed by atoms with Gasteiger partial charge in [0.2, 0.25) is 11.6 Å². The lowest BCUT2D eigenvalue weighted by molar-refractivity contribution is -0.225. The highest BCUT2D eigenvalue weighted by Crippen LogP contribution is 2.30. The number of aryl methyl sites for hydroxylation is 1. The first-order valence-electron chi connectivity index (χ1n) is 12.1. The van der Waals surface area contributed by atoms with E-state index in [0.29, 0.717) is 35.9 Å². The summed E-state index contributed by atoms with van der Waals surface area (Å²) >= 11 is 0. The number of aromatic nitrogens is 8. The highest BCUT2D eigenvalue weighted by Gasteiger charge is 2.36. The Bertz CT molecular complexity index is 1300. The van der Waals surface area contributed by atoms with Crippen molar-refractivity contribution in [3.63, 3.8) is 0 Å². The molecule has 0 atom stereocenters. The van der Waals surface area contributed by atoms with Crippen molar-refractivity contribution in [1.29, 1.82) is 5.26 Å². The summed E-state index contributed by atoms with van der Waals surface area (Å²) in [6.07, 6.45) is 6.28. The number of nitrogens with zero attached hydrogens (tertiary/aromatic N) is 8. The van der Waals surface area contributed by atoms with Gasteiger partial charge in [-0.1, -0.05) is 38.8 Å². The second kappa shape index (κ2) is 11.2. The number of methoxy groups -OCH3 is 2. The van der Waals surface area contributed by atoms with Gasteiger partial charge in [-0.25, -0.2) is 14.8 Å². The standard InChI is InChI=1S/C25H31N9O2/c1-5-7-8-21-27-24(25(35-3,36-4)14-6-2)30-34(21)17-18-9-11-20(12-10-18)33-15-13-19(16-26)22(33)23-28-31-32-29-23/h9-13,15H,5-8,14,17H2,1-4H3,(H,28,29,31,32). The van der Waals surface area contributed by atoms with E-state index in [4.69, 9.17) is 19.6 Å². The summed E-state index contributed by atoms with van der Waals surface area (Å²) in [4.78, 5) is 4.84. The lowest BCUT2D eigenvalue weighted by Gasteiger charge is -2.27. The molecule has 0 spiro atoms. The van der Waals surface area contributed by atoms with Crippen molar-refractivity contribution in [3.05, 3.63) is 59.3 Å². The number of nitrogens with one attached hydrogen (secondary N) is 1. The molecule has 0 amide bonds. The number of unbranched alkanes of at least 4 members (excludes halogenated alkanes) is 1. The summed E-state index contributed by atoms with van der Waals surface area (Å²) in [5.74, 6) is 0.945. The van der Waals surface area contributed by atoms with Crippen LogP contribution in [0.3, 0.4) is 0 Å². The van der Waals surface area contributed by atoms with Crippen LogP contribution in [0.2, 0.25) is 0 Å². The molecule has 0 unspecified atom stereocenters. The summed E-state index contributed by atoms with van der Waals surface area (Å²) in [5, 5.41) is 28.4. The average molecular weight is 490 g/mol. The zero-order valence-electron chi connectivity index (χ0n) is 21.1. The van der Waals surface area contributed by atoms with Gasteiger partial charge in [-0.05, 0) is 40.6 Å². The van der Waals surface area contributed by atoms with Gasteiger partial charge in [0.15, 0.2) is 5.82 Å². The van der Waals surface area contributed by atoms with Crippen molar-refractivity contribution in [2.24, 2.45) is 0 Å². The minimum absolute atomic E-state index is 0.434. The molecule has 36 heavy (non-hydrogen) atoms. The Kier molecular flexibility index (Phi) is 7.87. The Morgan fingerprint density at radius 1 is 1.08 bits per heavy atom. The number of nitriles is 1. The van der Waals surface area contributed by atoms with Crippen molar-refractivity contribution in [2.45, 2.75) is 58.3 Å². The maximum Gasteiger partial charge on any atom is 0.231 e. The molecule has 0 aliphatic heterocycles. The molecule has 1 aromatic carbocycles. The van der Waals surface area contributed by atoms with E-state index in [2.05, 4.69) is 40.5 Å².